The number of aryl methyl sites for hydroxylation is 2. The van der Waals surface area contributed by atoms with Crippen LogP contribution in [-0.4, -0.2) is 22.5 Å². The minimum atomic E-state index is 0.418. The topological polar surface area (TPSA) is 24.9 Å². The van der Waals surface area contributed by atoms with E-state index in [0.29, 0.717) is 10.8 Å². The van der Waals surface area contributed by atoms with Gasteiger partial charge < -0.3 is 5.32 Å². The van der Waals surface area contributed by atoms with Gasteiger partial charge in [-0.1, -0.05) is 13.3 Å². The molecule has 0 aliphatic heterocycles. The third-order valence-corrected chi connectivity index (χ3v) is 7.08. The summed E-state index contributed by atoms with van der Waals surface area (Å²) in [6.45, 7) is 3.25. The molecular weight excluding hydrogens is 260 g/mol. The molecule has 1 saturated carbocycles. The zero-order chi connectivity index (χ0) is 12.6. The Bertz CT molecular complexity index is 396. The van der Waals surface area contributed by atoms with Crippen molar-refractivity contribution < 1.29 is 0 Å². The second kappa shape index (κ2) is 5.14. The molecular formula is C14H22N2S2. The highest BCUT2D eigenvalue weighted by molar-refractivity contribution is 8.00. The Kier molecular flexibility index (Phi) is 3.70. The molecule has 4 heteroatoms. The summed E-state index contributed by atoms with van der Waals surface area (Å²) in [7, 11) is 0. The molecule has 0 aromatic carbocycles. The molecule has 1 fully saturated rings. The number of fused-ring (bicyclic) bond motifs is 1. The molecule has 1 aromatic heterocycles. The molecule has 1 N–H and O–H groups in total. The van der Waals surface area contributed by atoms with Crippen LogP contribution in [0.2, 0.25) is 0 Å². The van der Waals surface area contributed by atoms with Crippen LogP contribution < -0.4 is 5.32 Å². The third kappa shape index (κ3) is 2.02. The fourth-order valence-corrected chi connectivity index (χ4v) is 5.72. The average molecular weight is 282 g/mol. The van der Waals surface area contributed by atoms with Crippen molar-refractivity contribution in [2.45, 2.75) is 56.2 Å². The van der Waals surface area contributed by atoms with E-state index in [1.807, 2.05) is 23.1 Å². The number of nitrogens with zero attached hydrogens (tertiary/aromatic N) is 1. The first-order chi connectivity index (χ1) is 8.79. The summed E-state index contributed by atoms with van der Waals surface area (Å²) in [5, 5.41) is 5.07. The highest BCUT2D eigenvalue weighted by Crippen LogP contribution is 2.52. The van der Waals surface area contributed by atoms with E-state index in [-0.39, 0.29) is 0 Å². The first kappa shape index (κ1) is 12.9. The zero-order valence-electron chi connectivity index (χ0n) is 11.3. The highest BCUT2D eigenvalue weighted by Gasteiger charge is 2.45. The Labute approximate surface area is 118 Å². The van der Waals surface area contributed by atoms with Gasteiger partial charge in [-0.3, -0.25) is 0 Å². The van der Waals surface area contributed by atoms with E-state index in [4.69, 9.17) is 4.98 Å². The van der Waals surface area contributed by atoms with Crippen LogP contribution in [0.4, 0.5) is 0 Å². The second-order valence-electron chi connectivity index (χ2n) is 5.39. The van der Waals surface area contributed by atoms with Gasteiger partial charge in [0.1, 0.15) is 5.01 Å². The summed E-state index contributed by atoms with van der Waals surface area (Å²) in [5.41, 5.74) is 1.40. The molecule has 2 aliphatic rings. The summed E-state index contributed by atoms with van der Waals surface area (Å²) in [6.07, 6.45) is 10.1. The van der Waals surface area contributed by atoms with E-state index in [1.165, 1.54) is 49.2 Å². The number of thiazole rings is 1. The second-order valence-corrected chi connectivity index (χ2v) is 7.73. The number of hydrogen-bond acceptors (Lipinski definition) is 4. The van der Waals surface area contributed by atoms with Crippen molar-refractivity contribution in [3.05, 3.63) is 15.6 Å². The van der Waals surface area contributed by atoms with Crippen molar-refractivity contribution in [3.8, 4) is 0 Å². The number of hydrogen-bond donors (Lipinski definition) is 1. The lowest BCUT2D eigenvalue weighted by molar-refractivity contribution is 0.275. The van der Waals surface area contributed by atoms with E-state index in [9.17, 15) is 0 Å². The highest BCUT2D eigenvalue weighted by atomic mass is 32.2. The Morgan fingerprint density at radius 1 is 1.39 bits per heavy atom. The largest absolute Gasteiger partial charge is 0.307 e. The minimum absolute atomic E-state index is 0.418. The summed E-state index contributed by atoms with van der Waals surface area (Å²) < 4.78 is 0.418. The van der Waals surface area contributed by atoms with Crippen LogP contribution in [0, 0.1) is 0 Å². The van der Waals surface area contributed by atoms with Crippen LogP contribution in [0.1, 0.15) is 54.2 Å². The molecule has 1 atom stereocenters. The molecule has 2 aliphatic carbocycles. The number of aromatic nitrogens is 1. The van der Waals surface area contributed by atoms with Crippen LogP contribution in [0.3, 0.4) is 0 Å². The van der Waals surface area contributed by atoms with Crippen molar-refractivity contribution in [2.75, 3.05) is 12.8 Å². The van der Waals surface area contributed by atoms with Gasteiger partial charge in [-0.15, -0.1) is 11.3 Å². The van der Waals surface area contributed by atoms with Crippen molar-refractivity contribution >= 4 is 23.1 Å². The fourth-order valence-electron chi connectivity index (χ4n) is 3.17. The Balaban J connectivity index is 1.88. The van der Waals surface area contributed by atoms with Crippen LogP contribution in [0.15, 0.2) is 0 Å². The lowest BCUT2D eigenvalue weighted by Gasteiger charge is -2.46. The lowest BCUT2D eigenvalue weighted by Crippen LogP contribution is -2.46. The molecule has 0 bridgehead atoms. The van der Waals surface area contributed by atoms with Gasteiger partial charge in [0.2, 0.25) is 0 Å². The van der Waals surface area contributed by atoms with E-state index >= 15 is 0 Å². The van der Waals surface area contributed by atoms with E-state index in [0.717, 1.165) is 6.54 Å². The van der Waals surface area contributed by atoms with Crippen molar-refractivity contribution in [1.82, 2.24) is 10.3 Å². The zero-order valence-corrected chi connectivity index (χ0v) is 12.9. The van der Waals surface area contributed by atoms with Gasteiger partial charge in [-0.05, 0) is 44.9 Å². The van der Waals surface area contributed by atoms with Gasteiger partial charge in [-0.25, -0.2) is 4.98 Å². The van der Waals surface area contributed by atoms with Gasteiger partial charge in [0.25, 0.3) is 0 Å². The van der Waals surface area contributed by atoms with Crippen molar-refractivity contribution in [3.63, 3.8) is 0 Å². The summed E-state index contributed by atoms with van der Waals surface area (Å²) in [6, 6.07) is 0.474. The number of thioether (sulfide) groups is 1. The van der Waals surface area contributed by atoms with E-state index in [1.54, 1.807) is 4.88 Å². The molecule has 0 amide bonds. The molecule has 0 radical (unpaired) electrons. The molecule has 1 heterocycles. The minimum Gasteiger partial charge on any atom is -0.307 e. The first-order valence-electron chi connectivity index (χ1n) is 7.06. The maximum Gasteiger partial charge on any atom is 0.112 e. The third-order valence-electron chi connectivity index (χ3n) is 4.40. The van der Waals surface area contributed by atoms with Gasteiger partial charge >= 0.3 is 0 Å². The molecule has 1 unspecified atom stereocenters. The fraction of sp³-hybridized carbons (Fsp3) is 0.786. The molecule has 18 heavy (non-hydrogen) atoms. The normalized spacial score (nSPS) is 22.6. The molecule has 2 nitrogen and oxygen atoms in total. The molecule has 0 saturated heterocycles. The van der Waals surface area contributed by atoms with Gasteiger partial charge in [0.05, 0.1) is 11.7 Å². The SMILES string of the molecule is CCNC(c1nc2c(s1)CCC2)C1(SC)CCC1. The quantitative estimate of drug-likeness (QED) is 0.893. The number of nitrogens with one attached hydrogen (secondary N) is 1. The maximum atomic E-state index is 4.95. The summed E-state index contributed by atoms with van der Waals surface area (Å²) in [5.74, 6) is 0. The van der Waals surface area contributed by atoms with Gasteiger partial charge in [0, 0.05) is 9.62 Å². The van der Waals surface area contributed by atoms with Crippen LogP contribution in [0.5, 0.6) is 0 Å². The standard InChI is InChI=1S/C14H22N2S2/c1-3-15-12(14(17-2)8-5-9-14)13-16-10-6-4-7-11(10)18-13/h12,15H,3-9H2,1-2H3. The van der Waals surface area contributed by atoms with E-state index < -0.39 is 0 Å². The molecule has 100 valence electrons. The van der Waals surface area contributed by atoms with Gasteiger partial charge in [-0.2, -0.15) is 11.8 Å². The van der Waals surface area contributed by atoms with E-state index in [2.05, 4.69) is 18.5 Å². The van der Waals surface area contributed by atoms with Crippen molar-refractivity contribution in [2.24, 2.45) is 0 Å². The molecule has 1 aromatic rings. The smallest absolute Gasteiger partial charge is 0.112 e. The first-order valence-corrected chi connectivity index (χ1v) is 9.10. The van der Waals surface area contributed by atoms with Crippen molar-refractivity contribution in [1.29, 1.82) is 0 Å². The monoisotopic (exact) mass is 282 g/mol. The lowest BCUT2D eigenvalue weighted by atomic mass is 9.78. The predicted molar refractivity (Wildman–Crippen MR) is 80.7 cm³/mol. The van der Waals surface area contributed by atoms with Crippen LogP contribution >= 0.6 is 23.1 Å². The van der Waals surface area contributed by atoms with Crippen LogP contribution in [-0.2, 0) is 12.8 Å². The Hall–Kier alpha value is -0.0600. The number of rotatable bonds is 5. The maximum absolute atomic E-state index is 4.95. The Morgan fingerprint density at radius 2 is 2.22 bits per heavy atom. The Morgan fingerprint density at radius 3 is 2.78 bits per heavy atom. The molecule has 3 rings (SSSR count). The summed E-state index contributed by atoms with van der Waals surface area (Å²) >= 11 is 4.02. The summed E-state index contributed by atoms with van der Waals surface area (Å²) in [4.78, 5) is 6.51. The molecule has 0 spiro atoms. The average Bonchev–Trinajstić information content (AvgIpc) is 2.87. The van der Waals surface area contributed by atoms with Crippen LogP contribution in [0.25, 0.3) is 0 Å². The van der Waals surface area contributed by atoms with Gasteiger partial charge in [0.15, 0.2) is 0 Å². The predicted octanol–water partition coefficient (Wildman–Crippen LogP) is 3.57.